The molecule has 4 amide bonds. The fourth-order valence-electron chi connectivity index (χ4n) is 2.54. The number of nitrogens with one attached hydrogen (secondary N) is 2. The molecule has 2 N–H and O–H groups in total. The van der Waals surface area contributed by atoms with Gasteiger partial charge in [-0.25, -0.2) is 4.79 Å². The number of nitrogens with zero attached hydrogens (tertiary/aromatic N) is 1. The normalized spacial score (nSPS) is 17.0. The smallest absolute Gasteiger partial charge is 0.324 e. The zero-order chi connectivity index (χ0) is 18.4. The summed E-state index contributed by atoms with van der Waals surface area (Å²) in [5.74, 6) is 0.507. The molecule has 0 saturated carbocycles. The molecule has 1 aromatic carbocycles. The number of rotatable bonds is 8. The number of methoxy groups -OCH3 is 1. The molecule has 0 radical (unpaired) electrons. The maximum absolute atomic E-state index is 12.4. The minimum absolute atomic E-state index is 0.0314. The molecule has 1 heterocycles. The van der Waals surface area contributed by atoms with Crippen LogP contribution in [0.3, 0.4) is 0 Å². The van der Waals surface area contributed by atoms with Gasteiger partial charge in [-0.15, -0.1) is 0 Å². The van der Waals surface area contributed by atoms with Crippen molar-refractivity contribution in [3.8, 4) is 5.75 Å². The average molecular weight is 347 g/mol. The summed E-state index contributed by atoms with van der Waals surface area (Å²) in [5.41, 5.74) is 1.000. The van der Waals surface area contributed by atoms with Crippen LogP contribution in [0.2, 0.25) is 0 Å². The fourth-order valence-corrected chi connectivity index (χ4v) is 2.54. The minimum atomic E-state index is -0.782. The van der Waals surface area contributed by atoms with Gasteiger partial charge in [-0.1, -0.05) is 26.0 Å². The largest absolute Gasteiger partial charge is 0.497 e. The lowest BCUT2D eigenvalue weighted by atomic mass is 10.1. The summed E-state index contributed by atoms with van der Waals surface area (Å²) >= 11 is 0. The topological polar surface area (TPSA) is 87.7 Å². The molecule has 0 unspecified atom stereocenters. The van der Waals surface area contributed by atoms with Crippen molar-refractivity contribution in [2.75, 3.05) is 20.2 Å². The molecule has 1 saturated heterocycles. The van der Waals surface area contributed by atoms with Crippen LogP contribution in [0.15, 0.2) is 24.3 Å². The minimum Gasteiger partial charge on any atom is -0.497 e. The van der Waals surface area contributed by atoms with E-state index in [2.05, 4.69) is 10.6 Å². The monoisotopic (exact) mass is 347 g/mol. The third-order valence-electron chi connectivity index (χ3n) is 3.99. The first-order chi connectivity index (χ1) is 11.9. The summed E-state index contributed by atoms with van der Waals surface area (Å²) < 4.78 is 5.10. The van der Waals surface area contributed by atoms with E-state index >= 15 is 0 Å². The predicted octanol–water partition coefficient (Wildman–Crippen LogP) is 1.32. The van der Waals surface area contributed by atoms with Crippen LogP contribution in [0.5, 0.6) is 5.75 Å². The number of ether oxygens (including phenoxy) is 1. The zero-order valence-corrected chi connectivity index (χ0v) is 14.9. The van der Waals surface area contributed by atoms with E-state index in [0.29, 0.717) is 18.9 Å². The number of hydrogen-bond donors (Lipinski definition) is 2. The Morgan fingerprint density at radius 3 is 2.56 bits per heavy atom. The lowest BCUT2D eigenvalue weighted by molar-refractivity contribution is -0.130. The van der Waals surface area contributed by atoms with Gasteiger partial charge in [0.05, 0.1) is 13.5 Å². The third kappa shape index (κ3) is 5.20. The molecule has 2 rings (SSSR count). The number of hydrogen-bond acceptors (Lipinski definition) is 4. The van der Waals surface area contributed by atoms with Gasteiger partial charge in [-0.2, -0.15) is 0 Å². The molecule has 0 aliphatic carbocycles. The Morgan fingerprint density at radius 1 is 1.28 bits per heavy atom. The molecule has 0 aromatic heterocycles. The lowest BCUT2D eigenvalue weighted by Gasteiger charge is -2.13. The molecule has 0 spiro atoms. The van der Waals surface area contributed by atoms with Crippen LogP contribution in [-0.2, 0) is 16.0 Å². The second kappa shape index (κ2) is 8.50. The summed E-state index contributed by atoms with van der Waals surface area (Å²) in [6.07, 6.45) is 0.520. The van der Waals surface area contributed by atoms with Crippen LogP contribution in [0.1, 0.15) is 25.8 Å². The van der Waals surface area contributed by atoms with Crippen LogP contribution >= 0.6 is 0 Å². The Hall–Kier alpha value is -2.57. The first-order valence-electron chi connectivity index (χ1n) is 8.42. The SMILES string of the molecule is COc1ccc(CCN2C(=O)N[C@@H](CC(=O)NCC(C)C)C2=O)cc1. The van der Waals surface area contributed by atoms with Crippen LogP contribution in [0.4, 0.5) is 4.79 Å². The number of carbonyl (C=O) groups excluding carboxylic acids is 3. The van der Waals surface area contributed by atoms with E-state index in [0.717, 1.165) is 11.3 Å². The molecule has 136 valence electrons. The molecule has 1 fully saturated rings. The van der Waals surface area contributed by atoms with Crippen molar-refractivity contribution in [2.45, 2.75) is 32.7 Å². The molecule has 1 aliphatic heterocycles. The molecule has 25 heavy (non-hydrogen) atoms. The summed E-state index contributed by atoms with van der Waals surface area (Å²) in [6, 6.07) is 6.24. The molecule has 1 atom stereocenters. The van der Waals surface area contributed by atoms with E-state index < -0.39 is 12.1 Å². The van der Waals surface area contributed by atoms with Crippen LogP contribution in [0, 0.1) is 5.92 Å². The van der Waals surface area contributed by atoms with E-state index in [4.69, 9.17) is 4.74 Å². The molecule has 7 nitrogen and oxygen atoms in total. The van der Waals surface area contributed by atoms with Crippen molar-refractivity contribution in [1.82, 2.24) is 15.5 Å². The van der Waals surface area contributed by atoms with E-state index in [9.17, 15) is 14.4 Å². The van der Waals surface area contributed by atoms with Crippen molar-refractivity contribution >= 4 is 17.8 Å². The van der Waals surface area contributed by atoms with E-state index in [1.165, 1.54) is 4.90 Å². The highest BCUT2D eigenvalue weighted by Gasteiger charge is 2.38. The van der Waals surface area contributed by atoms with E-state index in [-0.39, 0.29) is 24.8 Å². The second-order valence-corrected chi connectivity index (χ2v) is 6.49. The van der Waals surface area contributed by atoms with Crippen LogP contribution in [0.25, 0.3) is 0 Å². The number of benzene rings is 1. The van der Waals surface area contributed by atoms with Crippen molar-refractivity contribution in [3.05, 3.63) is 29.8 Å². The molecular weight excluding hydrogens is 322 g/mol. The second-order valence-electron chi connectivity index (χ2n) is 6.49. The van der Waals surface area contributed by atoms with Gasteiger partial charge in [-0.3, -0.25) is 14.5 Å². The fraction of sp³-hybridized carbons (Fsp3) is 0.500. The first kappa shape index (κ1) is 18.8. The Morgan fingerprint density at radius 2 is 1.96 bits per heavy atom. The van der Waals surface area contributed by atoms with Gasteiger partial charge in [0.1, 0.15) is 11.8 Å². The Balaban J connectivity index is 1.86. The summed E-state index contributed by atoms with van der Waals surface area (Å²) in [5, 5.41) is 5.34. The van der Waals surface area contributed by atoms with Crippen molar-refractivity contribution < 1.29 is 19.1 Å². The third-order valence-corrected chi connectivity index (χ3v) is 3.99. The Kier molecular flexibility index (Phi) is 6.38. The van der Waals surface area contributed by atoms with Gasteiger partial charge in [0.2, 0.25) is 5.91 Å². The highest BCUT2D eigenvalue weighted by molar-refractivity contribution is 6.05. The van der Waals surface area contributed by atoms with Gasteiger partial charge in [0.25, 0.3) is 5.91 Å². The van der Waals surface area contributed by atoms with Crippen LogP contribution < -0.4 is 15.4 Å². The highest BCUT2D eigenvalue weighted by atomic mass is 16.5. The molecule has 0 bridgehead atoms. The Labute approximate surface area is 147 Å². The van der Waals surface area contributed by atoms with Crippen LogP contribution in [-0.4, -0.2) is 49.0 Å². The van der Waals surface area contributed by atoms with Gasteiger partial charge in [0, 0.05) is 13.1 Å². The summed E-state index contributed by atoms with van der Waals surface area (Å²) in [6.45, 7) is 4.81. The molecule has 7 heteroatoms. The standard InChI is InChI=1S/C18H25N3O4/c1-12(2)11-19-16(22)10-15-17(23)21(18(24)20-15)9-8-13-4-6-14(25-3)7-5-13/h4-7,12,15H,8-11H2,1-3H3,(H,19,22)(H,20,24)/t15-/m0/s1. The van der Waals surface area contributed by atoms with Crippen molar-refractivity contribution in [2.24, 2.45) is 5.92 Å². The lowest BCUT2D eigenvalue weighted by Crippen LogP contribution is -2.37. The van der Waals surface area contributed by atoms with Gasteiger partial charge >= 0.3 is 6.03 Å². The summed E-state index contributed by atoms with van der Waals surface area (Å²) in [7, 11) is 1.60. The van der Waals surface area contributed by atoms with Gasteiger partial charge in [-0.05, 0) is 30.0 Å². The number of urea groups is 1. The highest BCUT2D eigenvalue weighted by Crippen LogP contribution is 2.14. The van der Waals surface area contributed by atoms with E-state index in [1.807, 2.05) is 38.1 Å². The number of amides is 4. The molecule has 1 aliphatic rings. The number of carbonyl (C=O) groups is 3. The van der Waals surface area contributed by atoms with Gasteiger partial charge in [0.15, 0.2) is 0 Å². The van der Waals surface area contributed by atoms with Gasteiger partial charge < -0.3 is 15.4 Å². The quantitative estimate of drug-likeness (QED) is 0.694. The number of imide groups is 1. The van der Waals surface area contributed by atoms with Crippen molar-refractivity contribution in [3.63, 3.8) is 0 Å². The molecular formula is C18H25N3O4. The zero-order valence-electron chi connectivity index (χ0n) is 14.9. The average Bonchev–Trinajstić information content (AvgIpc) is 2.85. The van der Waals surface area contributed by atoms with E-state index in [1.54, 1.807) is 7.11 Å². The predicted molar refractivity (Wildman–Crippen MR) is 93.2 cm³/mol. The first-order valence-corrected chi connectivity index (χ1v) is 8.42. The summed E-state index contributed by atoms with van der Waals surface area (Å²) in [4.78, 5) is 37.4. The molecule has 1 aromatic rings. The maximum atomic E-state index is 12.4. The maximum Gasteiger partial charge on any atom is 0.324 e. The Bertz CT molecular complexity index is 628. The van der Waals surface area contributed by atoms with Crippen molar-refractivity contribution in [1.29, 1.82) is 0 Å².